The molecule has 0 aromatic heterocycles. The van der Waals surface area contributed by atoms with Crippen LogP contribution in [0.4, 0.5) is 13.2 Å². The molecule has 0 aliphatic heterocycles. The lowest BCUT2D eigenvalue weighted by molar-refractivity contribution is 0.464. The highest BCUT2D eigenvalue weighted by Gasteiger charge is 2.03. The van der Waals surface area contributed by atoms with Crippen LogP contribution in [0.5, 0.6) is 11.5 Å². The fourth-order valence-corrected chi connectivity index (χ4v) is 1.25. The minimum Gasteiger partial charge on any atom is -0.457 e. The van der Waals surface area contributed by atoms with Crippen molar-refractivity contribution in [3.8, 4) is 11.5 Å². The van der Waals surface area contributed by atoms with E-state index in [0.29, 0.717) is 0 Å². The van der Waals surface area contributed by atoms with Crippen LogP contribution in [0, 0.1) is 17.5 Å². The first kappa shape index (κ1) is 10.5. The molecule has 0 aliphatic rings. The van der Waals surface area contributed by atoms with Gasteiger partial charge in [0.15, 0.2) is 0 Å². The Kier molecular flexibility index (Phi) is 2.81. The first-order valence-electron chi connectivity index (χ1n) is 4.53. The van der Waals surface area contributed by atoms with Gasteiger partial charge in [-0.1, -0.05) is 6.07 Å². The van der Waals surface area contributed by atoms with E-state index in [2.05, 4.69) is 0 Å². The predicted molar refractivity (Wildman–Crippen MR) is 52.8 cm³/mol. The first-order chi connectivity index (χ1) is 7.63. The average Bonchev–Trinajstić information content (AvgIpc) is 2.15. The number of ether oxygens (including phenoxy) is 1. The van der Waals surface area contributed by atoms with Crippen molar-refractivity contribution in [3.05, 3.63) is 59.9 Å². The van der Waals surface area contributed by atoms with E-state index in [-0.39, 0.29) is 11.5 Å². The van der Waals surface area contributed by atoms with Crippen LogP contribution in [0.3, 0.4) is 0 Å². The van der Waals surface area contributed by atoms with Gasteiger partial charge in [0.2, 0.25) is 0 Å². The Morgan fingerprint density at radius 1 is 0.688 bits per heavy atom. The van der Waals surface area contributed by atoms with Crippen molar-refractivity contribution in [1.29, 1.82) is 0 Å². The topological polar surface area (TPSA) is 9.23 Å². The summed E-state index contributed by atoms with van der Waals surface area (Å²) >= 11 is 0. The molecule has 0 saturated carbocycles. The molecule has 0 fully saturated rings. The van der Waals surface area contributed by atoms with Crippen LogP contribution >= 0.6 is 0 Å². The Labute approximate surface area is 90.1 Å². The Bertz CT molecular complexity index is 491. The zero-order chi connectivity index (χ0) is 11.5. The Hall–Kier alpha value is -1.97. The predicted octanol–water partition coefficient (Wildman–Crippen LogP) is 3.90. The van der Waals surface area contributed by atoms with E-state index in [9.17, 15) is 13.2 Å². The molecule has 82 valence electrons. The first-order valence-corrected chi connectivity index (χ1v) is 4.53. The Morgan fingerprint density at radius 2 is 1.31 bits per heavy atom. The van der Waals surface area contributed by atoms with E-state index in [1.54, 1.807) is 0 Å². The molecule has 0 N–H and O–H groups in total. The molecule has 0 atom stereocenters. The zero-order valence-electron chi connectivity index (χ0n) is 8.08. The third-order valence-electron chi connectivity index (χ3n) is 1.87. The number of halogens is 3. The van der Waals surface area contributed by atoms with Crippen LogP contribution in [-0.4, -0.2) is 0 Å². The van der Waals surface area contributed by atoms with Crippen LogP contribution in [-0.2, 0) is 0 Å². The van der Waals surface area contributed by atoms with E-state index >= 15 is 0 Å². The average molecular weight is 224 g/mol. The SMILES string of the molecule is Fc1cccc(Oc2cc(F)cc(F)c2)c1. The lowest BCUT2D eigenvalue weighted by Crippen LogP contribution is -1.88. The van der Waals surface area contributed by atoms with Crippen LogP contribution in [0.25, 0.3) is 0 Å². The van der Waals surface area contributed by atoms with Crippen molar-refractivity contribution in [2.75, 3.05) is 0 Å². The molecule has 1 nitrogen and oxygen atoms in total. The van der Waals surface area contributed by atoms with Crippen molar-refractivity contribution in [3.63, 3.8) is 0 Å². The maximum Gasteiger partial charge on any atom is 0.133 e. The fourth-order valence-electron chi connectivity index (χ4n) is 1.25. The summed E-state index contributed by atoms with van der Waals surface area (Å²) in [6.45, 7) is 0. The lowest BCUT2D eigenvalue weighted by atomic mass is 10.3. The molecule has 0 heterocycles. The summed E-state index contributed by atoms with van der Waals surface area (Å²) in [5, 5.41) is 0. The smallest absolute Gasteiger partial charge is 0.133 e. The normalized spacial score (nSPS) is 10.2. The van der Waals surface area contributed by atoms with Gasteiger partial charge in [0.1, 0.15) is 29.0 Å². The highest BCUT2D eigenvalue weighted by atomic mass is 19.1. The van der Waals surface area contributed by atoms with Gasteiger partial charge in [-0.05, 0) is 12.1 Å². The molecule has 0 spiro atoms. The highest BCUT2D eigenvalue weighted by Crippen LogP contribution is 2.23. The standard InChI is InChI=1S/C12H7F3O/c13-8-2-1-3-11(5-8)16-12-6-9(14)4-10(15)7-12/h1-7H. The van der Waals surface area contributed by atoms with Gasteiger partial charge in [0.25, 0.3) is 0 Å². The second kappa shape index (κ2) is 4.26. The number of hydrogen-bond donors (Lipinski definition) is 0. The van der Waals surface area contributed by atoms with Gasteiger partial charge in [-0.25, -0.2) is 13.2 Å². The molecule has 0 unspecified atom stereocenters. The molecule has 4 heteroatoms. The zero-order valence-corrected chi connectivity index (χ0v) is 8.08. The largest absolute Gasteiger partial charge is 0.457 e. The quantitative estimate of drug-likeness (QED) is 0.751. The molecule has 0 radical (unpaired) electrons. The van der Waals surface area contributed by atoms with E-state index in [1.807, 2.05) is 0 Å². The van der Waals surface area contributed by atoms with E-state index in [0.717, 1.165) is 24.3 Å². The third-order valence-corrected chi connectivity index (χ3v) is 1.87. The van der Waals surface area contributed by atoms with Gasteiger partial charge < -0.3 is 4.74 Å². The third kappa shape index (κ3) is 2.53. The molecule has 2 aromatic rings. The summed E-state index contributed by atoms with van der Waals surface area (Å²) in [6.07, 6.45) is 0. The molecule has 0 aliphatic carbocycles. The highest BCUT2D eigenvalue weighted by molar-refractivity contribution is 5.31. The van der Waals surface area contributed by atoms with Gasteiger partial charge in [-0.15, -0.1) is 0 Å². The maximum absolute atomic E-state index is 12.8. The van der Waals surface area contributed by atoms with E-state index < -0.39 is 17.5 Å². The van der Waals surface area contributed by atoms with Crippen molar-refractivity contribution in [1.82, 2.24) is 0 Å². The summed E-state index contributed by atoms with van der Waals surface area (Å²) in [5.41, 5.74) is 0. The summed E-state index contributed by atoms with van der Waals surface area (Å²) < 4.78 is 43.5. The van der Waals surface area contributed by atoms with Crippen molar-refractivity contribution in [2.24, 2.45) is 0 Å². The molecule has 2 aromatic carbocycles. The van der Waals surface area contributed by atoms with Crippen LogP contribution < -0.4 is 4.74 Å². The summed E-state index contributed by atoms with van der Waals surface area (Å²) in [5.74, 6) is -1.79. The molecule has 0 bridgehead atoms. The number of rotatable bonds is 2. The van der Waals surface area contributed by atoms with Gasteiger partial charge in [0.05, 0.1) is 0 Å². The minimum atomic E-state index is -0.744. The lowest BCUT2D eigenvalue weighted by Gasteiger charge is -2.05. The van der Waals surface area contributed by atoms with Gasteiger partial charge in [-0.2, -0.15) is 0 Å². The Morgan fingerprint density at radius 3 is 1.94 bits per heavy atom. The van der Waals surface area contributed by atoms with E-state index in [4.69, 9.17) is 4.74 Å². The van der Waals surface area contributed by atoms with Crippen molar-refractivity contribution >= 4 is 0 Å². The monoisotopic (exact) mass is 224 g/mol. The second-order valence-electron chi connectivity index (χ2n) is 3.16. The Balaban J connectivity index is 2.27. The number of benzene rings is 2. The molecular formula is C12H7F3O. The molecule has 16 heavy (non-hydrogen) atoms. The number of hydrogen-bond acceptors (Lipinski definition) is 1. The summed E-state index contributed by atoms with van der Waals surface area (Å²) in [7, 11) is 0. The van der Waals surface area contributed by atoms with E-state index in [1.165, 1.54) is 18.2 Å². The van der Waals surface area contributed by atoms with Crippen LogP contribution in [0.1, 0.15) is 0 Å². The molecule has 0 saturated heterocycles. The minimum absolute atomic E-state index is 0.0110. The van der Waals surface area contributed by atoms with Crippen LogP contribution in [0.15, 0.2) is 42.5 Å². The maximum atomic E-state index is 12.8. The summed E-state index contributed by atoms with van der Waals surface area (Å²) in [6, 6.07) is 8.09. The van der Waals surface area contributed by atoms with Gasteiger partial charge in [0, 0.05) is 24.3 Å². The summed E-state index contributed by atoms with van der Waals surface area (Å²) in [4.78, 5) is 0. The van der Waals surface area contributed by atoms with Gasteiger partial charge in [-0.3, -0.25) is 0 Å². The van der Waals surface area contributed by atoms with Crippen molar-refractivity contribution < 1.29 is 17.9 Å². The van der Waals surface area contributed by atoms with Gasteiger partial charge >= 0.3 is 0 Å². The van der Waals surface area contributed by atoms with Crippen LogP contribution in [0.2, 0.25) is 0 Å². The molecular weight excluding hydrogens is 217 g/mol. The second-order valence-corrected chi connectivity index (χ2v) is 3.16. The molecule has 2 rings (SSSR count). The molecule has 0 amide bonds. The van der Waals surface area contributed by atoms with Crippen molar-refractivity contribution in [2.45, 2.75) is 0 Å². The fraction of sp³-hybridized carbons (Fsp3) is 0.